The summed E-state index contributed by atoms with van der Waals surface area (Å²) in [5.41, 5.74) is 0.875. The zero-order chi connectivity index (χ0) is 13.8. The molecule has 0 spiro atoms. The predicted octanol–water partition coefficient (Wildman–Crippen LogP) is 2.87. The molecule has 19 heavy (non-hydrogen) atoms. The van der Waals surface area contributed by atoms with Gasteiger partial charge in [-0.3, -0.25) is 4.90 Å². The summed E-state index contributed by atoms with van der Waals surface area (Å²) in [6, 6.07) is 7.44. The highest BCUT2D eigenvalue weighted by atomic mass is 35.5. The Bertz CT molecular complexity index is 413. The fourth-order valence-corrected chi connectivity index (χ4v) is 2.78. The van der Waals surface area contributed by atoms with Crippen LogP contribution in [-0.4, -0.2) is 41.8 Å². The average molecular weight is 284 g/mol. The Balaban J connectivity index is 1.96. The van der Waals surface area contributed by atoms with Crippen LogP contribution in [0, 0.1) is 0 Å². The summed E-state index contributed by atoms with van der Waals surface area (Å²) < 4.78 is 5.83. The Morgan fingerprint density at radius 1 is 1.47 bits per heavy atom. The lowest BCUT2D eigenvalue weighted by Gasteiger charge is -2.37. The molecule has 106 valence electrons. The van der Waals surface area contributed by atoms with Crippen LogP contribution in [0.5, 0.6) is 0 Å². The average Bonchev–Trinajstić information content (AvgIpc) is 2.38. The number of rotatable bonds is 4. The summed E-state index contributed by atoms with van der Waals surface area (Å²) in [7, 11) is 0. The van der Waals surface area contributed by atoms with E-state index in [9.17, 15) is 5.11 Å². The molecule has 0 amide bonds. The first kappa shape index (κ1) is 14.8. The highest BCUT2D eigenvalue weighted by Gasteiger charge is 2.25. The maximum atomic E-state index is 10.3. The number of morpholine rings is 1. The van der Waals surface area contributed by atoms with Gasteiger partial charge in [-0.25, -0.2) is 0 Å². The molecular formula is C15H22ClNO2. The van der Waals surface area contributed by atoms with Crippen LogP contribution in [-0.2, 0) is 4.74 Å². The predicted molar refractivity (Wildman–Crippen MR) is 77.5 cm³/mol. The Labute approximate surface area is 120 Å². The van der Waals surface area contributed by atoms with E-state index in [1.54, 1.807) is 0 Å². The van der Waals surface area contributed by atoms with E-state index in [1.165, 1.54) is 0 Å². The molecule has 3 atom stereocenters. The number of aliphatic hydroxyl groups excluding tert-OH is 1. The maximum Gasteiger partial charge on any atom is 0.0917 e. The van der Waals surface area contributed by atoms with E-state index in [0.717, 1.165) is 25.1 Å². The molecule has 3 unspecified atom stereocenters. The highest BCUT2D eigenvalue weighted by Crippen LogP contribution is 2.21. The van der Waals surface area contributed by atoms with Crippen LogP contribution in [0.1, 0.15) is 31.9 Å². The number of hydrogen-bond donors (Lipinski definition) is 1. The number of nitrogens with zero attached hydrogens (tertiary/aromatic N) is 1. The fraction of sp³-hybridized carbons (Fsp3) is 0.600. The molecule has 1 N–H and O–H groups in total. The summed E-state index contributed by atoms with van der Waals surface area (Å²) in [5, 5.41) is 11.0. The minimum atomic E-state index is -0.499. The third-order valence-electron chi connectivity index (χ3n) is 3.52. The largest absolute Gasteiger partial charge is 0.387 e. The first-order valence-electron chi connectivity index (χ1n) is 6.89. The van der Waals surface area contributed by atoms with Crippen molar-refractivity contribution in [2.24, 2.45) is 0 Å². The van der Waals surface area contributed by atoms with Gasteiger partial charge in [0.1, 0.15) is 0 Å². The third-order valence-corrected chi connectivity index (χ3v) is 3.76. The van der Waals surface area contributed by atoms with E-state index < -0.39 is 6.10 Å². The second-order valence-corrected chi connectivity index (χ2v) is 5.70. The van der Waals surface area contributed by atoms with Crippen molar-refractivity contribution in [2.75, 3.05) is 19.6 Å². The smallest absolute Gasteiger partial charge is 0.0917 e. The summed E-state index contributed by atoms with van der Waals surface area (Å²) in [4.78, 5) is 2.27. The maximum absolute atomic E-state index is 10.3. The molecule has 1 aliphatic rings. The van der Waals surface area contributed by atoms with Crippen molar-refractivity contribution in [3.63, 3.8) is 0 Å². The van der Waals surface area contributed by atoms with Gasteiger partial charge >= 0.3 is 0 Å². The van der Waals surface area contributed by atoms with E-state index in [2.05, 4.69) is 18.7 Å². The lowest BCUT2D eigenvalue weighted by Crippen LogP contribution is -2.47. The molecule has 2 rings (SSSR count). The van der Waals surface area contributed by atoms with Gasteiger partial charge in [-0.05, 0) is 31.0 Å². The first-order valence-corrected chi connectivity index (χ1v) is 7.27. The molecule has 4 heteroatoms. The van der Waals surface area contributed by atoms with Crippen molar-refractivity contribution in [1.29, 1.82) is 0 Å². The van der Waals surface area contributed by atoms with Crippen molar-refractivity contribution in [3.8, 4) is 0 Å². The first-order chi connectivity index (χ1) is 9.08. The van der Waals surface area contributed by atoms with Crippen LogP contribution in [0.4, 0.5) is 0 Å². The number of hydrogen-bond acceptors (Lipinski definition) is 3. The van der Waals surface area contributed by atoms with E-state index in [0.29, 0.717) is 11.6 Å². The van der Waals surface area contributed by atoms with Crippen LogP contribution in [0.15, 0.2) is 24.3 Å². The molecule has 0 radical (unpaired) electrons. The zero-order valence-electron chi connectivity index (χ0n) is 11.6. The minimum absolute atomic E-state index is 0.227. The molecule has 0 saturated carbocycles. The SMILES string of the molecule is CCC1CN(CC(O)c2cccc(Cl)c2)CC(C)O1. The Morgan fingerprint density at radius 2 is 2.26 bits per heavy atom. The summed E-state index contributed by atoms with van der Waals surface area (Å²) >= 11 is 5.96. The molecule has 0 aliphatic carbocycles. The van der Waals surface area contributed by atoms with Crippen LogP contribution in [0.3, 0.4) is 0 Å². The topological polar surface area (TPSA) is 32.7 Å². The number of β-amino-alcohol motifs (C(OH)–C–C–N with tert-alkyl or cyclic N) is 1. The van der Waals surface area contributed by atoms with E-state index in [1.807, 2.05) is 24.3 Å². The van der Waals surface area contributed by atoms with Crippen molar-refractivity contribution in [1.82, 2.24) is 4.90 Å². The van der Waals surface area contributed by atoms with Crippen molar-refractivity contribution in [3.05, 3.63) is 34.9 Å². The normalized spacial score (nSPS) is 26.3. The van der Waals surface area contributed by atoms with Crippen LogP contribution < -0.4 is 0 Å². The highest BCUT2D eigenvalue weighted by molar-refractivity contribution is 6.30. The summed E-state index contributed by atoms with van der Waals surface area (Å²) in [6.07, 6.45) is 1.01. The summed E-state index contributed by atoms with van der Waals surface area (Å²) in [6.45, 7) is 6.60. The molecule has 1 fully saturated rings. The molecular weight excluding hydrogens is 262 g/mol. The standard InChI is InChI=1S/C15H22ClNO2/c1-3-14-9-17(8-11(2)19-14)10-15(18)12-5-4-6-13(16)7-12/h4-7,11,14-15,18H,3,8-10H2,1-2H3. The molecule has 1 saturated heterocycles. The van der Waals surface area contributed by atoms with Gasteiger partial charge in [0.05, 0.1) is 18.3 Å². The molecule has 1 aromatic carbocycles. The van der Waals surface area contributed by atoms with Crippen LogP contribution >= 0.6 is 11.6 Å². The minimum Gasteiger partial charge on any atom is -0.387 e. The molecule has 1 aromatic rings. The quantitative estimate of drug-likeness (QED) is 0.922. The Kier molecular flexibility index (Phi) is 5.22. The second-order valence-electron chi connectivity index (χ2n) is 5.27. The molecule has 1 heterocycles. The van der Waals surface area contributed by atoms with Gasteiger partial charge in [-0.2, -0.15) is 0 Å². The molecule has 1 aliphatic heterocycles. The van der Waals surface area contributed by atoms with Gasteiger partial charge < -0.3 is 9.84 Å². The van der Waals surface area contributed by atoms with Crippen molar-refractivity contribution in [2.45, 2.75) is 38.6 Å². The van der Waals surface area contributed by atoms with E-state index in [4.69, 9.17) is 16.3 Å². The number of benzene rings is 1. The molecule has 0 bridgehead atoms. The van der Waals surface area contributed by atoms with Gasteiger partial charge in [0.25, 0.3) is 0 Å². The summed E-state index contributed by atoms with van der Waals surface area (Å²) in [5.74, 6) is 0. The second kappa shape index (κ2) is 6.71. The lowest BCUT2D eigenvalue weighted by atomic mass is 10.1. The van der Waals surface area contributed by atoms with Gasteiger partial charge in [-0.15, -0.1) is 0 Å². The molecule has 0 aromatic heterocycles. The van der Waals surface area contributed by atoms with E-state index >= 15 is 0 Å². The van der Waals surface area contributed by atoms with Gasteiger partial charge in [-0.1, -0.05) is 30.7 Å². The van der Waals surface area contributed by atoms with Crippen molar-refractivity contribution < 1.29 is 9.84 Å². The fourth-order valence-electron chi connectivity index (χ4n) is 2.58. The Hall–Kier alpha value is -0.610. The van der Waals surface area contributed by atoms with Crippen LogP contribution in [0.2, 0.25) is 5.02 Å². The van der Waals surface area contributed by atoms with Gasteiger partial charge in [0.2, 0.25) is 0 Å². The van der Waals surface area contributed by atoms with Crippen LogP contribution in [0.25, 0.3) is 0 Å². The molecule has 3 nitrogen and oxygen atoms in total. The lowest BCUT2D eigenvalue weighted by molar-refractivity contribution is -0.0856. The van der Waals surface area contributed by atoms with E-state index in [-0.39, 0.29) is 12.2 Å². The number of ether oxygens (including phenoxy) is 1. The Morgan fingerprint density at radius 3 is 2.95 bits per heavy atom. The number of aliphatic hydroxyl groups is 1. The third kappa shape index (κ3) is 4.18. The monoisotopic (exact) mass is 283 g/mol. The number of halogens is 1. The van der Waals surface area contributed by atoms with Gasteiger partial charge in [0, 0.05) is 24.7 Å². The zero-order valence-corrected chi connectivity index (χ0v) is 12.3. The van der Waals surface area contributed by atoms with Gasteiger partial charge in [0.15, 0.2) is 0 Å². The van der Waals surface area contributed by atoms with Crippen molar-refractivity contribution >= 4 is 11.6 Å².